The summed E-state index contributed by atoms with van der Waals surface area (Å²) in [6.45, 7) is 0.500. The van der Waals surface area contributed by atoms with Crippen LogP contribution in [0.15, 0.2) is 43.1 Å². The smallest absolute Gasteiger partial charge is 0.167 e. The molecule has 5 aromatic heterocycles. The Balaban J connectivity index is 1.14. The number of halogens is 2. The van der Waals surface area contributed by atoms with Gasteiger partial charge >= 0.3 is 0 Å². The molecule has 0 aromatic carbocycles. The molecule has 168 valence electrons. The van der Waals surface area contributed by atoms with Crippen molar-refractivity contribution in [2.24, 2.45) is 0 Å². The van der Waals surface area contributed by atoms with Crippen LogP contribution in [-0.2, 0) is 13.1 Å². The van der Waals surface area contributed by atoms with Gasteiger partial charge in [-0.3, -0.25) is 5.32 Å². The lowest BCUT2D eigenvalue weighted by Gasteiger charge is -2.09. The Bertz CT molecular complexity index is 1470. The summed E-state index contributed by atoms with van der Waals surface area (Å²) in [6.07, 6.45) is 7.90. The maximum absolute atomic E-state index is 14.4. The number of pyridine rings is 1. The Morgan fingerprint density at radius 3 is 2.97 bits per heavy atom. The summed E-state index contributed by atoms with van der Waals surface area (Å²) in [5.41, 5.74) is 3.66. The predicted octanol–water partition coefficient (Wildman–Crippen LogP) is 2.47. The van der Waals surface area contributed by atoms with Gasteiger partial charge < -0.3 is 9.51 Å². The lowest BCUT2D eigenvalue weighted by Crippen LogP contribution is -2.21. The van der Waals surface area contributed by atoms with Crippen molar-refractivity contribution < 1.29 is 9.50 Å². The molecule has 33 heavy (non-hydrogen) atoms. The van der Waals surface area contributed by atoms with Gasteiger partial charge in [0.25, 0.3) is 0 Å². The van der Waals surface area contributed by atoms with E-state index in [2.05, 4.69) is 30.7 Å². The molecular weight excluding hydrogens is 449 g/mol. The summed E-state index contributed by atoms with van der Waals surface area (Å²) in [4.78, 5) is 8.77. The topological polar surface area (TPSA) is 110 Å². The van der Waals surface area contributed by atoms with Gasteiger partial charge in [-0.05, 0) is 31.0 Å². The number of imidazole rings is 2. The zero-order chi connectivity index (χ0) is 22.5. The first-order valence-corrected chi connectivity index (χ1v) is 10.9. The molecule has 6 rings (SSSR count). The third kappa shape index (κ3) is 3.84. The third-order valence-corrected chi connectivity index (χ3v) is 5.97. The summed E-state index contributed by atoms with van der Waals surface area (Å²) < 4.78 is 19.3. The molecule has 1 unspecified atom stereocenters. The van der Waals surface area contributed by atoms with E-state index in [-0.39, 0.29) is 17.1 Å². The van der Waals surface area contributed by atoms with Gasteiger partial charge in [0.2, 0.25) is 0 Å². The lowest BCUT2D eigenvalue weighted by atomic mass is 10.3. The molecule has 10 nitrogen and oxygen atoms in total. The van der Waals surface area contributed by atoms with E-state index >= 15 is 0 Å². The Kier molecular flexibility index (Phi) is 4.82. The fourth-order valence-corrected chi connectivity index (χ4v) is 3.96. The van der Waals surface area contributed by atoms with Crippen LogP contribution in [0.5, 0.6) is 0 Å². The fourth-order valence-electron chi connectivity index (χ4n) is 3.81. The molecule has 1 fully saturated rings. The Hall–Kier alpha value is -3.41. The number of nitrogens with one attached hydrogen (secondary N) is 1. The van der Waals surface area contributed by atoms with Crippen molar-refractivity contribution in [2.75, 3.05) is 0 Å². The van der Waals surface area contributed by atoms with E-state index in [0.717, 1.165) is 17.0 Å². The molecule has 5 heterocycles. The van der Waals surface area contributed by atoms with Crippen molar-refractivity contribution in [1.82, 2.24) is 44.3 Å². The van der Waals surface area contributed by atoms with Gasteiger partial charge in [0.1, 0.15) is 11.2 Å². The van der Waals surface area contributed by atoms with E-state index < -0.39 is 12.0 Å². The summed E-state index contributed by atoms with van der Waals surface area (Å²) in [5, 5.41) is 26.1. The molecule has 12 heteroatoms. The van der Waals surface area contributed by atoms with Crippen LogP contribution < -0.4 is 5.32 Å². The first-order valence-electron chi connectivity index (χ1n) is 10.5. The molecule has 5 aromatic rings. The van der Waals surface area contributed by atoms with E-state index in [0.29, 0.717) is 23.9 Å². The molecule has 0 aliphatic heterocycles. The number of nitrogens with zero attached hydrogens (tertiary/aromatic N) is 8. The summed E-state index contributed by atoms with van der Waals surface area (Å²) in [7, 11) is 0. The second-order valence-corrected chi connectivity index (χ2v) is 8.52. The van der Waals surface area contributed by atoms with Gasteiger partial charge in [-0.25, -0.2) is 23.6 Å². The first-order chi connectivity index (χ1) is 16.0. The van der Waals surface area contributed by atoms with Gasteiger partial charge in [0, 0.05) is 18.7 Å². The van der Waals surface area contributed by atoms with Crippen molar-refractivity contribution in [3.05, 3.63) is 76.7 Å². The highest BCUT2D eigenvalue weighted by atomic mass is 35.5. The third-order valence-electron chi connectivity index (χ3n) is 5.68. The zero-order valence-electron chi connectivity index (χ0n) is 17.3. The largest absolute Gasteiger partial charge is 0.373 e. The minimum atomic E-state index is -1.11. The van der Waals surface area contributed by atoms with Crippen LogP contribution in [0.2, 0.25) is 5.02 Å². The highest BCUT2D eigenvalue weighted by molar-refractivity contribution is 6.31. The van der Waals surface area contributed by atoms with Crippen molar-refractivity contribution in [2.45, 2.75) is 38.1 Å². The Morgan fingerprint density at radius 1 is 1.24 bits per heavy atom. The lowest BCUT2D eigenvalue weighted by molar-refractivity contribution is 0.132. The second kappa shape index (κ2) is 7.87. The minimum Gasteiger partial charge on any atom is -0.373 e. The number of aliphatic hydroxyl groups excluding tert-OH is 1. The van der Waals surface area contributed by atoms with Crippen LogP contribution in [0, 0.1) is 5.82 Å². The van der Waals surface area contributed by atoms with E-state index in [9.17, 15) is 9.50 Å². The molecule has 1 saturated carbocycles. The van der Waals surface area contributed by atoms with E-state index in [1.54, 1.807) is 21.6 Å². The predicted molar refractivity (Wildman–Crippen MR) is 116 cm³/mol. The quantitative estimate of drug-likeness (QED) is 0.354. The second-order valence-electron chi connectivity index (χ2n) is 8.12. The molecule has 1 aliphatic carbocycles. The number of aliphatic hydroxyl groups is 1. The SMILES string of the molecule is OC(NCc1ncn2ccc(Cl)c(F)c12)c1cn(Cc2cn3nc(C4CC4)ccc3n2)nn1. The number of hydrogen-bond donors (Lipinski definition) is 2. The molecule has 0 bridgehead atoms. The first kappa shape index (κ1) is 20.2. The van der Waals surface area contributed by atoms with Crippen molar-refractivity contribution in [1.29, 1.82) is 0 Å². The maximum Gasteiger partial charge on any atom is 0.167 e. The molecule has 1 aliphatic rings. The molecule has 2 N–H and O–H groups in total. The molecule has 0 saturated heterocycles. The van der Waals surface area contributed by atoms with Crippen LogP contribution in [0.3, 0.4) is 0 Å². The highest BCUT2D eigenvalue weighted by Gasteiger charge is 2.25. The number of hydrogen-bond acceptors (Lipinski definition) is 7. The monoisotopic (exact) mass is 467 g/mol. The summed E-state index contributed by atoms with van der Waals surface area (Å²) in [6, 6.07) is 5.46. The average molecular weight is 468 g/mol. The average Bonchev–Trinajstić information content (AvgIpc) is 3.23. The summed E-state index contributed by atoms with van der Waals surface area (Å²) >= 11 is 5.88. The van der Waals surface area contributed by atoms with Crippen LogP contribution in [0.25, 0.3) is 11.2 Å². The van der Waals surface area contributed by atoms with Gasteiger partial charge in [-0.1, -0.05) is 16.8 Å². The molecule has 1 atom stereocenters. The normalized spacial score (nSPS) is 15.0. The van der Waals surface area contributed by atoms with Crippen LogP contribution in [0.4, 0.5) is 4.39 Å². The molecule has 0 spiro atoms. The molecular formula is C21H19ClFN9O. The Morgan fingerprint density at radius 2 is 2.12 bits per heavy atom. The Labute approximate surface area is 191 Å². The van der Waals surface area contributed by atoms with Crippen LogP contribution in [-0.4, -0.2) is 44.1 Å². The van der Waals surface area contributed by atoms with Crippen molar-refractivity contribution >= 4 is 22.8 Å². The van der Waals surface area contributed by atoms with E-state index in [1.165, 1.54) is 29.6 Å². The van der Waals surface area contributed by atoms with E-state index in [4.69, 9.17) is 11.6 Å². The minimum absolute atomic E-state index is 0.0126. The molecule has 0 amide bonds. The van der Waals surface area contributed by atoms with E-state index in [1.807, 2.05) is 18.3 Å². The zero-order valence-corrected chi connectivity index (χ0v) is 18.1. The standard InChI is InChI=1S/C21H19ClFN9O/c22-14-5-6-30-11-25-16(20(30)19(14)23)7-24-21(33)17-10-31(29-27-17)8-13-9-32-18(26-13)4-3-15(28-32)12-1-2-12/h3-6,9-12,21,24,33H,1-2,7-8H2. The number of rotatable bonds is 7. The maximum atomic E-state index is 14.4. The number of fused-ring (bicyclic) bond motifs is 2. The van der Waals surface area contributed by atoms with Crippen molar-refractivity contribution in [3.8, 4) is 0 Å². The van der Waals surface area contributed by atoms with Gasteiger partial charge in [0.15, 0.2) is 17.7 Å². The van der Waals surface area contributed by atoms with Gasteiger partial charge in [-0.2, -0.15) is 5.10 Å². The van der Waals surface area contributed by atoms with Gasteiger partial charge in [0.05, 0.1) is 47.4 Å². The van der Waals surface area contributed by atoms with Crippen molar-refractivity contribution in [3.63, 3.8) is 0 Å². The van der Waals surface area contributed by atoms with Gasteiger partial charge in [-0.15, -0.1) is 5.10 Å². The number of aromatic nitrogens is 8. The highest BCUT2D eigenvalue weighted by Crippen LogP contribution is 2.38. The summed E-state index contributed by atoms with van der Waals surface area (Å²) in [5.74, 6) is 0.0147. The van der Waals surface area contributed by atoms with Crippen LogP contribution in [0.1, 0.15) is 47.8 Å². The molecule has 0 radical (unpaired) electrons. The fraction of sp³-hybridized carbons (Fsp3) is 0.286. The van der Waals surface area contributed by atoms with Crippen LogP contribution >= 0.6 is 11.6 Å².